The van der Waals surface area contributed by atoms with Crippen LogP contribution in [0.1, 0.15) is 5.82 Å². The fraction of sp³-hybridized carbons (Fsp3) is 0.125. The summed E-state index contributed by atoms with van der Waals surface area (Å²) in [5.41, 5.74) is 1.04. The van der Waals surface area contributed by atoms with E-state index >= 15 is 0 Å². The minimum atomic E-state index is 0.966. The van der Waals surface area contributed by atoms with Crippen LogP contribution in [-0.2, 0) is 0 Å². The van der Waals surface area contributed by atoms with E-state index in [0.717, 1.165) is 11.5 Å². The van der Waals surface area contributed by atoms with E-state index in [1.165, 1.54) is 4.88 Å². The average Bonchev–Trinajstić information content (AvgIpc) is 2.55. The van der Waals surface area contributed by atoms with Crippen molar-refractivity contribution in [3.05, 3.63) is 29.5 Å². The van der Waals surface area contributed by atoms with Crippen LogP contribution in [0.25, 0.3) is 10.6 Å². The van der Waals surface area contributed by atoms with Gasteiger partial charge in [0.15, 0.2) is 0 Å². The van der Waals surface area contributed by atoms with Crippen molar-refractivity contribution in [1.82, 2.24) is 9.97 Å². The molecule has 0 saturated heterocycles. The molecular formula is C8H8N2S. The molecule has 2 heterocycles. The molecule has 2 nitrogen and oxygen atoms in total. The number of H-pyrrole nitrogens is 1. The Hall–Kier alpha value is -1.09. The summed E-state index contributed by atoms with van der Waals surface area (Å²) >= 11 is 1.71. The summed E-state index contributed by atoms with van der Waals surface area (Å²) in [6.45, 7) is 1.96. The number of hydrogen-bond acceptors (Lipinski definition) is 2. The molecule has 2 aromatic heterocycles. The second kappa shape index (κ2) is 2.51. The number of aromatic amines is 1. The van der Waals surface area contributed by atoms with Crippen molar-refractivity contribution in [3.63, 3.8) is 0 Å². The number of nitrogens with zero attached hydrogens (tertiary/aromatic N) is 1. The van der Waals surface area contributed by atoms with Crippen LogP contribution in [0.2, 0.25) is 0 Å². The van der Waals surface area contributed by atoms with Crippen molar-refractivity contribution >= 4 is 11.3 Å². The van der Waals surface area contributed by atoms with Gasteiger partial charge in [-0.15, -0.1) is 11.3 Å². The molecule has 0 fully saturated rings. The van der Waals surface area contributed by atoms with E-state index in [2.05, 4.69) is 21.4 Å². The molecule has 0 bridgehead atoms. The van der Waals surface area contributed by atoms with Gasteiger partial charge in [0.05, 0.1) is 10.6 Å². The van der Waals surface area contributed by atoms with Gasteiger partial charge in [0.25, 0.3) is 0 Å². The van der Waals surface area contributed by atoms with Crippen molar-refractivity contribution in [2.24, 2.45) is 0 Å². The molecule has 0 aromatic carbocycles. The summed E-state index contributed by atoms with van der Waals surface area (Å²) in [4.78, 5) is 8.58. The second-order valence-electron chi connectivity index (χ2n) is 2.35. The van der Waals surface area contributed by atoms with Crippen molar-refractivity contribution in [3.8, 4) is 10.6 Å². The molecule has 3 heteroatoms. The molecule has 1 N–H and O–H groups in total. The van der Waals surface area contributed by atoms with E-state index < -0.39 is 0 Å². The molecule has 0 spiro atoms. The van der Waals surface area contributed by atoms with E-state index in [0.29, 0.717) is 0 Å². The van der Waals surface area contributed by atoms with Crippen LogP contribution in [-0.4, -0.2) is 9.97 Å². The molecule has 0 aliphatic carbocycles. The minimum absolute atomic E-state index is 0.966. The summed E-state index contributed by atoms with van der Waals surface area (Å²) in [5, 5.41) is 2.05. The number of aromatic nitrogens is 2. The molecule has 0 aliphatic rings. The third kappa shape index (κ3) is 1.19. The molecule has 2 rings (SSSR count). The quantitative estimate of drug-likeness (QED) is 0.689. The standard InChI is InChI=1S/C8H8N2S/c1-6-9-5-7(10-6)8-3-2-4-11-8/h2-5H,1H3,(H,9,10). The lowest BCUT2D eigenvalue weighted by Crippen LogP contribution is -1.71. The predicted octanol–water partition coefficient (Wildman–Crippen LogP) is 2.45. The zero-order valence-corrected chi connectivity index (χ0v) is 6.98. The molecule has 56 valence electrons. The van der Waals surface area contributed by atoms with Gasteiger partial charge in [-0.2, -0.15) is 0 Å². The van der Waals surface area contributed by atoms with Crippen molar-refractivity contribution in [2.45, 2.75) is 6.92 Å². The lowest BCUT2D eigenvalue weighted by atomic mass is 10.4. The van der Waals surface area contributed by atoms with Gasteiger partial charge >= 0.3 is 0 Å². The normalized spacial score (nSPS) is 10.3. The second-order valence-corrected chi connectivity index (χ2v) is 3.30. The number of hydrogen-bond donors (Lipinski definition) is 1. The Balaban J connectivity index is 2.45. The Morgan fingerprint density at radius 2 is 2.45 bits per heavy atom. The van der Waals surface area contributed by atoms with Crippen LogP contribution in [0.15, 0.2) is 23.7 Å². The number of aryl methyl sites for hydroxylation is 1. The number of nitrogens with one attached hydrogen (secondary N) is 1. The first kappa shape index (κ1) is 6.61. The molecule has 0 aliphatic heterocycles. The molecule has 0 atom stereocenters. The molecule has 0 radical (unpaired) electrons. The number of thiophene rings is 1. The van der Waals surface area contributed by atoms with E-state index in [1.54, 1.807) is 11.3 Å². The van der Waals surface area contributed by atoms with E-state index in [4.69, 9.17) is 0 Å². The van der Waals surface area contributed by atoms with Gasteiger partial charge in [-0.25, -0.2) is 4.98 Å². The Bertz CT molecular complexity index is 335. The largest absolute Gasteiger partial charge is 0.348 e. The third-order valence-corrected chi connectivity index (χ3v) is 2.37. The maximum atomic E-state index is 4.31. The van der Waals surface area contributed by atoms with Crippen LogP contribution in [0, 0.1) is 6.92 Å². The zero-order chi connectivity index (χ0) is 7.68. The van der Waals surface area contributed by atoms with Gasteiger partial charge < -0.3 is 4.98 Å². The van der Waals surface area contributed by atoms with Gasteiger partial charge in [0.2, 0.25) is 0 Å². The van der Waals surface area contributed by atoms with Gasteiger partial charge in [0, 0.05) is 6.20 Å². The fourth-order valence-corrected chi connectivity index (χ4v) is 1.65. The summed E-state index contributed by atoms with van der Waals surface area (Å²) < 4.78 is 0. The van der Waals surface area contributed by atoms with Gasteiger partial charge in [-0.3, -0.25) is 0 Å². The van der Waals surface area contributed by atoms with Crippen LogP contribution in [0.3, 0.4) is 0 Å². The van der Waals surface area contributed by atoms with Gasteiger partial charge in [0.1, 0.15) is 5.82 Å². The first-order chi connectivity index (χ1) is 5.36. The highest BCUT2D eigenvalue weighted by Crippen LogP contribution is 2.21. The van der Waals surface area contributed by atoms with Crippen LogP contribution in [0.5, 0.6) is 0 Å². The van der Waals surface area contributed by atoms with Crippen molar-refractivity contribution in [2.75, 3.05) is 0 Å². The Morgan fingerprint density at radius 1 is 1.55 bits per heavy atom. The average molecular weight is 164 g/mol. The molecule has 0 unspecified atom stereocenters. The van der Waals surface area contributed by atoms with Crippen LogP contribution >= 0.6 is 11.3 Å². The molecule has 0 saturated carbocycles. The minimum Gasteiger partial charge on any atom is -0.348 e. The van der Waals surface area contributed by atoms with Gasteiger partial charge in [-0.05, 0) is 18.4 Å². The maximum absolute atomic E-state index is 4.31. The first-order valence-electron chi connectivity index (χ1n) is 3.42. The highest BCUT2D eigenvalue weighted by Gasteiger charge is 2.00. The summed E-state index contributed by atoms with van der Waals surface area (Å²) in [7, 11) is 0. The highest BCUT2D eigenvalue weighted by atomic mass is 32.1. The highest BCUT2D eigenvalue weighted by molar-refractivity contribution is 7.13. The maximum Gasteiger partial charge on any atom is 0.103 e. The van der Waals surface area contributed by atoms with E-state index in [9.17, 15) is 0 Å². The Kier molecular flexibility index (Phi) is 1.51. The Labute approximate surface area is 68.9 Å². The SMILES string of the molecule is Cc1nc(-c2cccs2)c[nH]1. The monoisotopic (exact) mass is 164 g/mol. The smallest absolute Gasteiger partial charge is 0.103 e. The molecular weight excluding hydrogens is 156 g/mol. The lowest BCUT2D eigenvalue weighted by Gasteiger charge is -1.84. The third-order valence-electron chi connectivity index (χ3n) is 1.48. The predicted molar refractivity (Wildman–Crippen MR) is 46.6 cm³/mol. The summed E-state index contributed by atoms with van der Waals surface area (Å²) in [6, 6.07) is 4.10. The Morgan fingerprint density at radius 3 is 3.00 bits per heavy atom. The molecule has 0 amide bonds. The van der Waals surface area contributed by atoms with Crippen LogP contribution < -0.4 is 0 Å². The summed E-state index contributed by atoms with van der Waals surface area (Å²) in [5.74, 6) is 0.966. The zero-order valence-electron chi connectivity index (χ0n) is 6.16. The molecule has 11 heavy (non-hydrogen) atoms. The van der Waals surface area contributed by atoms with Crippen molar-refractivity contribution < 1.29 is 0 Å². The van der Waals surface area contributed by atoms with Gasteiger partial charge in [-0.1, -0.05) is 6.07 Å². The van der Waals surface area contributed by atoms with Crippen molar-refractivity contribution in [1.29, 1.82) is 0 Å². The van der Waals surface area contributed by atoms with E-state index in [-0.39, 0.29) is 0 Å². The first-order valence-corrected chi connectivity index (χ1v) is 4.30. The molecule has 2 aromatic rings. The fourth-order valence-electron chi connectivity index (χ4n) is 0.969. The lowest BCUT2D eigenvalue weighted by molar-refractivity contribution is 1.15. The van der Waals surface area contributed by atoms with E-state index in [1.807, 2.05) is 19.2 Å². The number of rotatable bonds is 1. The summed E-state index contributed by atoms with van der Waals surface area (Å²) in [6.07, 6.45) is 1.93. The topological polar surface area (TPSA) is 28.7 Å². The van der Waals surface area contributed by atoms with Crippen LogP contribution in [0.4, 0.5) is 0 Å². The number of imidazole rings is 1.